The molecule has 1 heterocycles. The van der Waals surface area contributed by atoms with Crippen molar-refractivity contribution in [3.63, 3.8) is 0 Å². The Morgan fingerprint density at radius 1 is 1.14 bits per heavy atom. The molecule has 5 nitrogen and oxygen atoms in total. The molecule has 0 aromatic heterocycles. The molecule has 0 unspecified atom stereocenters. The monoisotopic (exact) mass is 307 g/mol. The Bertz CT molecular complexity index is 452. The molecule has 0 spiro atoms. The predicted octanol–water partition coefficient (Wildman–Crippen LogP) is 2.35. The summed E-state index contributed by atoms with van der Waals surface area (Å²) in [6.07, 6.45) is 1.03. The van der Waals surface area contributed by atoms with E-state index in [4.69, 9.17) is 14.2 Å². The molecular formula is C17H25NO4. The minimum Gasteiger partial charge on any atom is -0.494 e. The molecule has 1 aromatic rings. The Morgan fingerprint density at radius 3 is 2.32 bits per heavy atom. The lowest BCUT2D eigenvalue weighted by molar-refractivity contribution is -0.137. The van der Waals surface area contributed by atoms with Crippen LogP contribution < -0.4 is 9.47 Å². The molecule has 1 aliphatic rings. The van der Waals surface area contributed by atoms with Crippen molar-refractivity contribution in [2.75, 3.05) is 39.5 Å². The van der Waals surface area contributed by atoms with Gasteiger partial charge in [-0.05, 0) is 36.6 Å². The molecule has 2 rings (SSSR count). The van der Waals surface area contributed by atoms with E-state index in [2.05, 4.69) is 13.8 Å². The van der Waals surface area contributed by atoms with Crippen LogP contribution >= 0.6 is 0 Å². The van der Waals surface area contributed by atoms with E-state index in [0.717, 1.165) is 12.2 Å². The van der Waals surface area contributed by atoms with Gasteiger partial charge in [-0.25, -0.2) is 0 Å². The molecule has 5 heteroatoms. The van der Waals surface area contributed by atoms with Crippen molar-refractivity contribution in [3.05, 3.63) is 24.3 Å². The van der Waals surface area contributed by atoms with E-state index in [1.165, 1.54) is 0 Å². The number of hydrogen-bond donors (Lipinski definition) is 0. The van der Waals surface area contributed by atoms with Gasteiger partial charge < -0.3 is 19.1 Å². The molecule has 0 aliphatic carbocycles. The summed E-state index contributed by atoms with van der Waals surface area (Å²) in [4.78, 5) is 13.7. The summed E-state index contributed by atoms with van der Waals surface area (Å²) in [5, 5.41) is 0. The molecule has 0 saturated carbocycles. The zero-order valence-corrected chi connectivity index (χ0v) is 13.4. The summed E-state index contributed by atoms with van der Waals surface area (Å²) >= 11 is 0. The van der Waals surface area contributed by atoms with Crippen molar-refractivity contribution >= 4 is 5.91 Å². The highest BCUT2D eigenvalue weighted by Gasteiger charge is 2.17. The Morgan fingerprint density at radius 2 is 1.73 bits per heavy atom. The summed E-state index contributed by atoms with van der Waals surface area (Å²) in [5.41, 5.74) is 0. The van der Waals surface area contributed by atoms with Gasteiger partial charge in [0.15, 0.2) is 6.61 Å². The molecule has 0 atom stereocenters. The predicted molar refractivity (Wildman–Crippen MR) is 84.3 cm³/mol. The van der Waals surface area contributed by atoms with Crippen LogP contribution in [0, 0.1) is 5.92 Å². The Labute approximate surface area is 132 Å². The van der Waals surface area contributed by atoms with Crippen LogP contribution in [0.4, 0.5) is 0 Å². The number of rotatable bonds is 7. The minimum absolute atomic E-state index is 0.000518. The number of morpholine rings is 1. The molecule has 0 bridgehead atoms. The van der Waals surface area contributed by atoms with Crippen molar-refractivity contribution in [1.82, 2.24) is 4.90 Å². The maximum Gasteiger partial charge on any atom is 0.260 e. The number of nitrogens with zero attached hydrogens (tertiary/aromatic N) is 1. The lowest BCUT2D eigenvalue weighted by atomic mass is 10.1. The van der Waals surface area contributed by atoms with Gasteiger partial charge in [0.25, 0.3) is 5.91 Å². The zero-order chi connectivity index (χ0) is 15.8. The first-order chi connectivity index (χ1) is 10.6. The molecule has 1 fully saturated rings. The van der Waals surface area contributed by atoms with E-state index in [-0.39, 0.29) is 12.5 Å². The topological polar surface area (TPSA) is 48.0 Å². The van der Waals surface area contributed by atoms with Gasteiger partial charge in [0.05, 0.1) is 19.8 Å². The van der Waals surface area contributed by atoms with Gasteiger partial charge in [-0.3, -0.25) is 4.79 Å². The van der Waals surface area contributed by atoms with Crippen LogP contribution in [-0.2, 0) is 9.53 Å². The maximum atomic E-state index is 12.0. The molecule has 1 amide bonds. The third-order valence-electron chi connectivity index (χ3n) is 3.51. The lowest BCUT2D eigenvalue weighted by Gasteiger charge is -2.26. The van der Waals surface area contributed by atoms with E-state index in [9.17, 15) is 4.79 Å². The number of carbonyl (C=O) groups excluding carboxylic acids is 1. The fourth-order valence-corrected chi connectivity index (χ4v) is 2.09. The first kappa shape index (κ1) is 16.6. The molecular weight excluding hydrogens is 282 g/mol. The first-order valence-electron chi connectivity index (χ1n) is 7.86. The van der Waals surface area contributed by atoms with E-state index >= 15 is 0 Å². The second kappa shape index (κ2) is 8.63. The summed E-state index contributed by atoms with van der Waals surface area (Å²) in [5.74, 6) is 2.14. The third-order valence-corrected chi connectivity index (χ3v) is 3.51. The lowest BCUT2D eigenvalue weighted by Crippen LogP contribution is -2.42. The minimum atomic E-state index is 0.000518. The number of carbonyl (C=O) groups is 1. The van der Waals surface area contributed by atoms with Gasteiger partial charge in [0.1, 0.15) is 11.5 Å². The fraction of sp³-hybridized carbons (Fsp3) is 0.588. The summed E-state index contributed by atoms with van der Waals surface area (Å²) in [6, 6.07) is 7.40. The molecule has 1 saturated heterocycles. The SMILES string of the molecule is CC(C)CCOc1ccc(OCC(=O)N2CCOCC2)cc1. The van der Waals surface area contributed by atoms with Gasteiger partial charge in [0.2, 0.25) is 0 Å². The molecule has 1 aliphatic heterocycles. The molecule has 0 radical (unpaired) electrons. The highest BCUT2D eigenvalue weighted by Crippen LogP contribution is 2.18. The first-order valence-corrected chi connectivity index (χ1v) is 7.86. The Hall–Kier alpha value is -1.75. The van der Waals surface area contributed by atoms with Crippen LogP contribution in [0.2, 0.25) is 0 Å². The molecule has 0 N–H and O–H groups in total. The Kier molecular flexibility index (Phi) is 6.52. The number of amides is 1. The standard InChI is InChI=1S/C17H25NO4/c1-14(2)7-10-21-15-3-5-16(6-4-15)22-13-17(19)18-8-11-20-12-9-18/h3-6,14H,7-13H2,1-2H3. The van der Waals surface area contributed by atoms with Crippen LogP contribution in [0.25, 0.3) is 0 Å². The highest BCUT2D eigenvalue weighted by atomic mass is 16.5. The summed E-state index contributed by atoms with van der Waals surface area (Å²) in [6.45, 7) is 7.62. The summed E-state index contributed by atoms with van der Waals surface area (Å²) < 4.78 is 16.4. The zero-order valence-electron chi connectivity index (χ0n) is 13.4. The van der Waals surface area contributed by atoms with Gasteiger partial charge in [-0.15, -0.1) is 0 Å². The van der Waals surface area contributed by atoms with Crippen molar-refractivity contribution in [2.24, 2.45) is 5.92 Å². The van der Waals surface area contributed by atoms with Crippen molar-refractivity contribution in [1.29, 1.82) is 0 Å². The maximum absolute atomic E-state index is 12.0. The van der Waals surface area contributed by atoms with E-state index < -0.39 is 0 Å². The Balaban J connectivity index is 1.72. The second-order valence-electron chi connectivity index (χ2n) is 5.78. The van der Waals surface area contributed by atoms with Crippen LogP contribution in [0.3, 0.4) is 0 Å². The smallest absolute Gasteiger partial charge is 0.260 e. The number of benzene rings is 1. The normalized spacial score (nSPS) is 15.0. The third kappa shape index (κ3) is 5.56. The van der Waals surface area contributed by atoms with Crippen molar-refractivity contribution in [3.8, 4) is 11.5 Å². The molecule has 1 aromatic carbocycles. The van der Waals surface area contributed by atoms with Crippen LogP contribution in [0.5, 0.6) is 11.5 Å². The quantitative estimate of drug-likeness (QED) is 0.776. The van der Waals surface area contributed by atoms with E-state index in [1.807, 2.05) is 24.3 Å². The molecule has 22 heavy (non-hydrogen) atoms. The van der Waals surface area contributed by atoms with Crippen LogP contribution in [-0.4, -0.2) is 50.3 Å². The average Bonchev–Trinajstić information content (AvgIpc) is 2.54. The van der Waals surface area contributed by atoms with Crippen molar-refractivity contribution in [2.45, 2.75) is 20.3 Å². The fourth-order valence-electron chi connectivity index (χ4n) is 2.09. The van der Waals surface area contributed by atoms with Gasteiger partial charge in [-0.2, -0.15) is 0 Å². The van der Waals surface area contributed by atoms with E-state index in [1.54, 1.807) is 4.90 Å². The second-order valence-corrected chi connectivity index (χ2v) is 5.78. The largest absolute Gasteiger partial charge is 0.494 e. The average molecular weight is 307 g/mol. The number of ether oxygens (including phenoxy) is 3. The number of hydrogen-bond acceptors (Lipinski definition) is 4. The van der Waals surface area contributed by atoms with Gasteiger partial charge in [0, 0.05) is 13.1 Å². The highest BCUT2D eigenvalue weighted by molar-refractivity contribution is 5.77. The van der Waals surface area contributed by atoms with E-state index in [0.29, 0.717) is 44.6 Å². The van der Waals surface area contributed by atoms with Gasteiger partial charge >= 0.3 is 0 Å². The van der Waals surface area contributed by atoms with Crippen LogP contribution in [0.1, 0.15) is 20.3 Å². The summed E-state index contributed by atoms with van der Waals surface area (Å²) in [7, 11) is 0. The molecule has 122 valence electrons. The van der Waals surface area contributed by atoms with Crippen molar-refractivity contribution < 1.29 is 19.0 Å². The van der Waals surface area contributed by atoms with Crippen LogP contribution in [0.15, 0.2) is 24.3 Å². The van der Waals surface area contributed by atoms with Gasteiger partial charge in [-0.1, -0.05) is 13.8 Å².